The highest BCUT2D eigenvalue weighted by atomic mass is 16.5. The lowest BCUT2D eigenvalue weighted by atomic mass is 10.1. The van der Waals surface area contributed by atoms with Crippen LogP contribution in [-0.2, 0) is 0 Å². The summed E-state index contributed by atoms with van der Waals surface area (Å²) in [7, 11) is 1.58. The number of rotatable bonds is 10. The molecular weight excluding hydrogens is 785 g/mol. The zero-order valence-corrected chi connectivity index (χ0v) is 34.6. The molecule has 7 aromatic carbocycles. The molecule has 63 heavy (non-hydrogen) atoms. The number of hydrogen-bond donors (Lipinski definition) is 0. The average molecular weight is 851 g/mol. The molecule has 7 nitrogen and oxygen atoms in total. The predicted molar refractivity (Wildman–Crippen MR) is 263 cm³/mol. The van der Waals surface area contributed by atoms with Gasteiger partial charge in [-0.05, 0) is 151 Å². The number of hydrogen-bond acceptors (Lipinski definition) is 7. The van der Waals surface area contributed by atoms with Crippen LogP contribution < -0.4 is 18.9 Å². The van der Waals surface area contributed by atoms with Gasteiger partial charge in [0.25, 0.3) is 0 Å². The van der Waals surface area contributed by atoms with Gasteiger partial charge in [0.15, 0.2) is 17.3 Å². The molecule has 7 heteroatoms. The second kappa shape index (κ2) is 29.1. The van der Waals surface area contributed by atoms with Crippen molar-refractivity contribution in [1.82, 2.24) is 0 Å². The van der Waals surface area contributed by atoms with Crippen LogP contribution in [0.15, 0.2) is 176 Å². The van der Waals surface area contributed by atoms with E-state index < -0.39 is 0 Å². The SMILES string of the molecule is C.C.C.C.CC(=O)c1ccc(Oc2ccc(C(C)=O)cc2)cc1.COc1cccc(C(C)=O)c1.Cc1ccc(Oc2ccc(Oc3ccc(C)cc3)cc2)cc1.Cc1ccccc1. The fourth-order valence-electron chi connectivity index (χ4n) is 5.09. The summed E-state index contributed by atoms with van der Waals surface area (Å²) < 4.78 is 22.2. The Hall–Kier alpha value is -7.25. The molecule has 0 aromatic heterocycles. The number of carbonyl (C=O) groups is 3. The van der Waals surface area contributed by atoms with Crippen LogP contribution in [0, 0.1) is 20.8 Å². The number of carbonyl (C=O) groups excluding carboxylic acids is 3. The number of aryl methyl sites for hydroxylation is 3. The largest absolute Gasteiger partial charge is 0.497 e. The molecule has 0 saturated heterocycles. The molecule has 0 saturated carbocycles. The Morgan fingerprint density at radius 2 is 0.603 bits per heavy atom. The fourth-order valence-corrected chi connectivity index (χ4v) is 5.09. The van der Waals surface area contributed by atoms with Gasteiger partial charge < -0.3 is 18.9 Å². The summed E-state index contributed by atoms with van der Waals surface area (Å²) in [4.78, 5) is 33.1. The van der Waals surface area contributed by atoms with Crippen LogP contribution in [0.2, 0.25) is 0 Å². The molecule has 0 atom stereocenters. The first kappa shape index (κ1) is 55.8. The van der Waals surface area contributed by atoms with Crippen molar-refractivity contribution in [3.05, 3.63) is 209 Å². The van der Waals surface area contributed by atoms with Crippen LogP contribution >= 0.6 is 0 Å². The summed E-state index contributed by atoms with van der Waals surface area (Å²) in [6.07, 6.45) is 0. The predicted octanol–water partition coefficient (Wildman–Crippen LogP) is 16.2. The molecule has 7 rings (SSSR count). The number of Topliss-reactive ketones (excluding diaryl/α,β-unsaturated/α-hetero) is 3. The van der Waals surface area contributed by atoms with Crippen molar-refractivity contribution in [3.63, 3.8) is 0 Å². The van der Waals surface area contributed by atoms with Crippen molar-refractivity contribution >= 4 is 17.3 Å². The van der Waals surface area contributed by atoms with E-state index in [-0.39, 0.29) is 47.1 Å². The van der Waals surface area contributed by atoms with Crippen LogP contribution in [0.25, 0.3) is 0 Å². The van der Waals surface area contributed by atoms with Crippen molar-refractivity contribution in [3.8, 4) is 40.2 Å². The molecule has 0 radical (unpaired) electrons. The Morgan fingerprint density at radius 1 is 0.317 bits per heavy atom. The van der Waals surface area contributed by atoms with E-state index in [1.165, 1.54) is 37.5 Å². The van der Waals surface area contributed by atoms with E-state index in [1.54, 1.807) is 73.8 Å². The molecule has 0 spiro atoms. The second-order valence-electron chi connectivity index (χ2n) is 13.5. The zero-order chi connectivity index (χ0) is 42.6. The highest BCUT2D eigenvalue weighted by Crippen LogP contribution is 2.27. The van der Waals surface area contributed by atoms with Crippen LogP contribution in [0.5, 0.6) is 40.2 Å². The normalized spacial score (nSPS) is 9.19. The number of methoxy groups -OCH3 is 1. The average Bonchev–Trinajstić information content (AvgIpc) is 3.24. The summed E-state index contributed by atoms with van der Waals surface area (Å²) in [5, 5.41) is 0. The molecule has 0 aliphatic rings. The van der Waals surface area contributed by atoms with Crippen LogP contribution in [0.4, 0.5) is 0 Å². The maximum Gasteiger partial charge on any atom is 0.159 e. The van der Waals surface area contributed by atoms with E-state index in [4.69, 9.17) is 18.9 Å². The minimum Gasteiger partial charge on any atom is -0.497 e. The van der Waals surface area contributed by atoms with Crippen LogP contribution in [0.3, 0.4) is 0 Å². The molecule has 0 amide bonds. The lowest BCUT2D eigenvalue weighted by Crippen LogP contribution is -1.93. The van der Waals surface area contributed by atoms with E-state index in [9.17, 15) is 14.4 Å². The highest BCUT2D eigenvalue weighted by Gasteiger charge is 2.04. The Bertz CT molecular complexity index is 2230. The maximum absolute atomic E-state index is 11.1. The van der Waals surface area contributed by atoms with Gasteiger partial charge in [-0.25, -0.2) is 0 Å². The second-order valence-corrected chi connectivity index (χ2v) is 13.5. The molecule has 0 heterocycles. The summed E-state index contributed by atoms with van der Waals surface area (Å²) in [6, 6.07) is 54.9. The van der Waals surface area contributed by atoms with Crippen molar-refractivity contribution in [1.29, 1.82) is 0 Å². The molecule has 0 unspecified atom stereocenters. The van der Waals surface area contributed by atoms with Gasteiger partial charge in [-0.15, -0.1) is 0 Å². The first-order chi connectivity index (χ1) is 28.4. The quantitative estimate of drug-likeness (QED) is 0.127. The topological polar surface area (TPSA) is 88.1 Å². The Morgan fingerprint density at radius 3 is 0.873 bits per heavy atom. The Balaban J connectivity index is 0.000000853. The van der Waals surface area contributed by atoms with E-state index in [0.29, 0.717) is 28.2 Å². The lowest BCUT2D eigenvalue weighted by molar-refractivity contribution is 0.100. The summed E-state index contributed by atoms with van der Waals surface area (Å²) in [5.41, 5.74) is 5.74. The van der Waals surface area contributed by atoms with Gasteiger partial charge in [0.1, 0.15) is 40.2 Å². The molecule has 0 aliphatic heterocycles. The summed E-state index contributed by atoms with van der Waals surface area (Å²) in [5.74, 6) is 5.38. The van der Waals surface area contributed by atoms with E-state index in [0.717, 1.165) is 28.7 Å². The molecule has 7 aromatic rings. The summed E-state index contributed by atoms with van der Waals surface area (Å²) >= 11 is 0. The van der Waals surface area contributed by atoms with Gasteiger partial charge in [0, 0.05) is 16.7 Å². The number of benzene rings is 7. The lowest BCUT2D eigenvalue weighted by Gasteiger charge is -2.08. The maximum atomic E-state index is 11.1. The number of ether oxygens (including phenoxy) is 4. The standard InChI is InChI=1S/C20H18O2.C16H14O3.C9H10O2.C7H8.4CH4/c1-15-3-7-17(8-4-15)21-19-11-13-20(14-12-19)22-18-9-5-16(2)6-10-18;1-11(17)13-3-7-15(8-4-13)19-16-9-5-14(6-10-16)12(2)18;1-7(10)8-4-3-5-9(6-8)11-2;1-7-5-3-2-4-6-7;;;;/h3-14H,1-2H3;3-10H,1-2H3;3-6H,1-2H3;2-6H,1H3;4*1H4. The molecule has 0 bridgehead atoms. The summed E-state index contributed by atoms with van der Waals surface area (Å²) in [6.45, 7) is 10.8. The van der Waals surface area contributed by atoms with Gasteiger partial charge >= 0.3 is 0 Å². The third kappa shape index (κ3) is 20.2. The van der Waals surface area contributed by atoms with Crippen molar-refractivity contribution in [2.75, 3.05) is 7.11 Å². The van der Waals surface area contributed by atoms with Crippen molar-refractivity contribution in [2.45, 2.75) is 71.2 Å². The first-order valence-corrected chi connectivity index (χ1v) is 19.0. The van der Waals surface area contributed by atoms with Gasteiger partial charge in [0.2, 0.25) is 0 Å². The third-order valence-electron chi connectivity index (χ3n) is 8.51. The molecule has 332 valence electrons. The van der Waals surface area contributed by atoms with Gasteiger partial charge in [0.05, 0.1) is 7.11 Å². The van der Waals surface area contributed by atoms with E-state index >= 15 is 0 Å². The van der Waals surface area contributed by atoms with Gasteiger partial charge in [-0.1, -0.05) is 113 Å². The van der Waals surface area contributed by atoms with E-state index in [1.807, 2.05) is 97.1 Å². The Kier molecular flexibility index (Phi) is 25.7. The minimum atomic E-state index is 0. The fraction of sp³-hybridized carbons (Fsp3) is 0.196. The number of ketones is 3. The smallest absolute Gasteiger partial charge is 0.159 e. The van der Waals surface area contributed by atoms with Gasteiger partial charge in [-0.3, -0.25) is 14.4 Å². The van der Waals surface area contributed by atoms with E-state index in [2.05, 4.69) is 32.9 Å². The molecule has 0 N–H and O–H groups in total. The van der Waals surface area contributed by atoms with Crippen LogP contribution in [0.1, 0.15) is 98.2 Å². The van der Waals surface area contributed by atoms with Gasteiger partial charge in [-0.2, -0.15) is 0 Å². The highest BCUT2D eigenvalue weighted by molar-refractivity contribution is 5.95. The zero-order valence-electron chi connectivity index (χ0n) is 34.6. The molecule has 0 aliphatic carbocycles. The van der Waals surface area contributed by atoms with Crippen molar-refractivity contribution in [2.24, 2.45) is 0 Å². The molecular formula is C56H66O7. The molecule has 0 fully saturated rings. The van der Waals surface area contributed by atoms with Crippen LogP contribution in [-0.4, -0.2) is 24.5 Å². The first-order valence-electron chi connectivity index (χ1n) is 19.0. The minimum absolute atomic E-state index is 0. The van der Waals surface area contributed by atoms with Crippen molar-refractivity contribution < 1.29 is 33.3 Å². The third-order valence-corrected chi connectivity index (χ3v) is 8.51. The monoisotopic (exact) mass is 850 g/mol. The Labute approximate surface area is 377 Å².